The second kappa shape index (κ2) is 15.7. The number of phenols is 1. The first kappa shape index (κ1) is 33.0. The van der Waals surface area contributed by atoms with Gasteiger partial charge in [-0.1, -0.05) is 45.4 Å². The predicted molar refractivity (Wildman–Crippen MR) is 175 cm³/mol. The average Bonchev–Trinajstić information content (AvgIpc) is 2.97. The number of hydrogen-bond acceptors (Lipinski definition) is 7. The number of ether oxygens (including phenoxy) is 1. The fraction of sp³-hybridized carbons (Fsp3) is 0.424. The molecule has 1 heterocycles. The van der Waals surface area contributed by atoms with Crippen LogP contribution in [0, 0.1) is 19.8 Å². The molecular formula is C33H46N6O4. The number of hydrogen-bond donors (Lipinski definition) is 4. The zero-order chi connectivity index (χ0) is 31.5. The summed E-state index contributed by atoms with van der Waals surface area (Å²) in [5.41, 5.74) is 3.11. The first-order chi connectivity index (χ1) is 20.6. The third-order valence-corrected chi connectivity index (χ3v) is 7.05. The van der Waals surface area contributed by atoms with Crippen LogP contribution in [0.1, 0.15) is 58.7 Å². The third-order valence-electron chi connectivity index (χ3n) is 7.05. The molecule has 43 heavy (non-hydrogen) atoms. The molecule has 3 aromatic rings. The van der Waals surface area contributed by atoms with E-state index < -0.39 is 0 Å². The molecule has 3 amide bonds. The first-order valence-electron chi connectivity index (χ1n) is 15.0. The van der Waals surface area contributed by atoms with Gasteiger partial charge in [-0.15, -0.1) is 0 Å². The number of anilines is 5. The molecule has 10 nitrogen and oxygen atoms in total. The van der Waals surface area contributed by atoms with Crippen molar-refractivity contribution in [3.8, 4) is 11.5 Å². The molecule has 0 aliphatic carbocycles. The van der Waals surface area contributed by atoms with Crippen LogP contribution in [0.25, 0.3) is 0 Å². The van der Waals surface area contributed by atoms with Crippen LogP contribution in [0.2, 0.25) is 0 Å². The molecule has 232 valence electrons. The molecule has 0 aliphatic heterocycles. The van der Waals surface area contributed by atoms with Gasteiger partial charge in [0.05, 0.1) is 28.4 Å². The lowest BCUT2D eigenvalue weighted by molar-refractivity contribution is -0.118. The van der Waals surface area contributed by atoms with E-state index in [1.54, 1.807) is 19.9 Å². The number of urea groups is 1. The van der Waals surface area contributed by atoms with E-state index in [1.165, 1.54) is 11.0 Å². The largest absolute Gasteiger partial charge is 0.506 e. The number of benzene rings is 2. The van der Waals surface area contributed by atoms with E-state index in [0.717, 1.165) is 37.3 Å². The second-order valence-corrected chi connectivity index (χ2v) is 10.6. The third kappa shape index (κ3) is 8.53. The number of amides is 3. The van der Waals surface area contributed by atoms with E-state index >= 15 is 0 Å². The highest BCUT2D eigenvalue weighted by Crippen LogP contribution is 2.42. The molecule has 4 N–H and O–H groups in total. The maximum atomic E-state index is 14.0. The molecule has 0 radical (unpaired) electrons. The highest BCUT2D eigenvalue weighted by Gasteiger charge is 2.28. The fourth-order valence-electron chi connectivity index (χ4n) is 4.63. The van der Waals surface area contributed by atoms with E-state index in [2.05, 4.69) is 41.6 Å². The number of unbranched alkanes of at least 4 members (excludes halogenated alkanes) is 1. The summed E-state index contributed by atoms with van der Waals surface area (Å²) in [5.74, 6) is 0.822. The molecule has 0 unspecified atom stereocenters. The summed E-state index contributed by atoms with van der Waals surface area (Å²) in [6, 6.07) is 14.0. The van der Waals surface area contributed by atoms with E-state index in [4.69, 9.17) is 9.72 Å². The summed E-state index contributed by atoms with van der Waals surface area (Å²) in [6.45, 7) is 15.7. The highest BCUT2D eigenvalue weighted by molar-refractivity contribution is 6.07. The molecule has 0 bridgehead atoms. The molecule has 0 fully saturated rings. The minimum absolute atomic E-state index is 0.0651. The number of pyridine rings is 1. The van der Waals surface area contributed by atoms with Crippen molar-refractivity contribution in [2.24, 2.45) is 5.92 Å². The fourth-order valence-corrected chi connectivity index (χ4v) is 4.63. The van der Waals surface area contributed by atoms with Gasteiger partial charge >= 0.3 is 6.03 Å². The summed E-state index contributed by atoms with van der Waals surface area (Å²) < 4.78 is 5.78. The van der Waals surface area contributed by atoms with E-state index in [1.807, 2.05) is 50.2 Å². The summed E-state index contributed by atoms with van der Waals surface area (Å²) in [5, 5.41) is 20.0. The Morgan fingerprint density at radius 1 is 1.00 bits per heavy atom. The molecule has 10 heteroatoms. The van der Waals surface area contributed by atoms with Gasteiger partial charge in [0, 0.05) is 31.6 Å². The number of nitrogens with one attached hydrogen (secondary N) is 3. The van der Waals surface area contributed by atoms with Gasteiger partial charge in [0.15, 0.2) is 6.73 Å². The lowest BCUT2D eigenvalue weighted by Crippen LogP contribution is -2.39. The maximum absolute atomic E-state index is 14.0. The number of aryl methyl sites for hydroxylation is 2. The Hall–Kier alpha value is -4.47. The first-order valence-corrected chi connectivity index (χ1v) is 15.0. The molecule has 2 aromatic carbocycles. The number of aromatic nitrogens is 1. The molecule has 0 saturated carbocycles. The standard InChI is InChI=1S/C33H46N6O4/c1-8-11-17-34-33(42)39(31-23(6)18-30(36-24(31)7)38(9-2)10-3)28-19-27(35-21-43-25-15-13-12-14-16-25)29(40)20-26(28)37-32(41)22(4)5/h12-16,18-20,22,35,40H,8-11,17,21H2,1-7H3,(H,34,42)(H,37,41). The van der Waals surface area contributed by atoms with Crippen molar-refractivity contribution in [2.75, 3.05) is 46.8 Å². The van der Waals surface area contributed by atoms with Gasteiger partial charge in [-0.25, -0.2) is 9.78 Å². The summed E-state index contributed by atoms with van der Waals surface area (Å²) in [7, 11) is 0. The normalized spacial score (nSPS) is 10.8. The number of carbonyl (C=O) groups is 2. The van der Waals surface area contributed by atoms with Gasteiger partial charge in [0.25, 0.3) is 0 Å². The Kier molecular flexibility index (Phi) is 12.0. The summed E-state index contributed by atoms with van der Waals surface area (Å²) in [6.07, 6.45) is 1.73. The minimum Gasteiger partial charge on any atom is -0.506 e. The number of aromatic hydroxyl groups is 1. The van der Waals surface area contributed by atoms with E-state index in [-0.39, 0.29) is 30.3 Å². The Balaban J connectivity index is 2.16. The van der Waals surface area contributed by atoms with Gasteiger partial charge in [-0.2, -0.15) is 0 Å². The molecule has 0 saturated heterocycles. The Morgan fingerprint density at radius 3 is 2.30 bits per heavy atom. The maximum Gasteiger partial charge on any atom is 0.326 e. The Bertz CT molecular complexity index is 1350. The summed E-state index contributed by atoms with van der Waals surface area (Å²) >= 11 is 0. The van der Waals surface area contributed by atoms with Crippen LogP contribution in [-0.2, 0) is 4.79 Å². The highest BCUT2D eigenvalue weighted by atomic mass is 16.5. The van der Waals surface area contributed by atoms with Crippen molar-refractivity contribution in [3.63, 3.8) is 0 Å². The number of nitrogens with zero attached hydrogens (tertiary/aromatic N) is 3. The average molecular weight is 591 g/mol. The number of phenolic OH excluding ortho intramolecular Hbond substituents is 1. The van der Waals surface area contributed by atoms with Crippen LogP contribution in [0.5, 0.6) is 11.5 Å². The smallest absolute Gasteiger partial charge is 0.326 e. The molecule has 0 aliphatic rings. The number of para-hydroxylation sites is 1. The lowest BCUT2D eigenvalue weighted by Gasteiger charge is -2.30. The van der Waals surface area contributed by atoms with Gasteiger partial charge in [-0.05, 0) is 63.9 Å². The van der Waals surface area contributed by atoms with Gasteiger partial charge < -0.3 is 30.7 Å². The van der Waals surface area contributed by atoms with Crippen LogP contribution >= 0.6 is 0 Å². The van der Waals surface area contributed by atoms with Crippen LogP contribution in [0.3, 0.4) is 0 Å². The molecule has 0 atom stereocenters. The van der Waals surface area contributed by atoms with Gasteiger partial charge in [-0.3, -0.25) is 9.69 Å². The van der Waals surface area contributed by atoms with Crippen LogP contribution in [0.15, 0.2) is 48.5 Å². The monoisotopic (exact) mass is 590 g/mol. The molecular weight excluding hydrogens is 544 g/mol. The topological polar surface area (TPSA) is 119 Å². The van der Waals surface area contributed by atoms with Crippen molar-refractivity contribution in [1.82, 2.24) is 10.3 Å². The Morgan fingerprint density at radius 2 is 1.70 bits per heavy atom. The molecule has 0 spiro atoms. The molecule has 1 aromatic heterocycles. The number of rotatable bonds is 14. The SMILES string of the molecule is CCCCNC(=O)N(c1cc(NCOc2ccccc2)c(O)cc1NC(=O)C(C)C)c1c(C)cc(N(CC)CC)nc1C. The quantitative estimate of drug-likeness (QED) is 0.0912. The summed E-state index contributed by atoms with van der Waals surface area (Å²) in [4.78, 5) is 35.4. The zero-order valence-corrected chi connectivity index (χ0v) is 26.5. The van der Waals surface area contributed by atoms with E-state index in [0.29, 0.717) is 40.7 Å². The minimum atomic E-state index is -0.366. The second-order valence-electron chi connectivity index (χ2n) is 10.6. The van der Waals surface area contributed by atoms with Crippen molar-refractivity contribution >= 4 is 40.5 Å². The van der Waals surface area contributed by atoms with Gasteiger partial charge in [0.2, 0.25) is 5.91 Å². The van der Waals surface area contributed by atoms with E-state index in [9.17, 15) is 14.7 Å². The van der Waals surface area contributed by atoms with Crippen LogP contribution < -0.4 is 30.5 Å². The van der Waals surface area contributed by atoms with Crippen molar-refractivity contribution in [2.45, 2.75) is 61.3 Å². The van der Waals surface area contributed by atoms with Crippen LogP contribution in [0.4, 0.5) is 33.4 Å². The predicted octanol–water partition coefficient (Wildman–Crippen LogP) is 6.94. The zero-order valence-electron chi connectivity index (χ0n) is 26.5. The van der Waals surface area contributed by atoms with Crippen molar-refractivity contribution in [3.05, 3.63) is 59.8 Å². The van der Waals surface area contributed by atoms with Crippen LogP contribution in [-0.4, -0.2) is 48.4 Å². The Labute approximate surface area is 255 Å². The van der Waals surface area contributed by atoms with Gasteiger partial charge in [0.1, 0.15) is 17.3 Å². The van der Waals surface area contributed by atoms with Crippen molar-refractivity contribution < 1.29 is 19.4 Å². The molecule has 3 rings (SSSR count). The lowest BCUT2D eigenvalue weighted by atomic mass is 10.1. The van der Waals surface area contributed by atoms with Crippen molar-refractivity contribution in [1.29, 1.82) is 0 Å². The number of carbonyl (C=O) groups excluding carboxylic acids is 2.